The summed E-state index contributed by atoms with van der Waals surface area (Å²) in [6, 6.07) is 10.6. The second-order valence-electron chi connectivity index (χ2n) is 5.89. The molecule has 0 unspecified atom stereocenters. The van der Waals surface area contributed by atoms with Crippen molar-refractivity contribution in [2.45, 2.75) is 38.6 Å². The first kappa shape index (κ1) is 18.2. The molecule has 0 aromatic heterocycles. The van der Waals surface area contributed by atoms with Crippen LogP contribution in [0.4, 0.5) is 0 Å². The van der Waals surface area contributed by atoms with Crippen LogP contribution in [0.25, 0.3) is 0 Å². The first-order valence-electron chi connectivity index (χ1n) is 7.57. The van der Waals surface area contributed by atoms with Gasteiger partial charge in [0.25, 0.3) is 0 Å². The first-order valence-corrected chi connectivity index (χ1v) is 9.05. The van der Waals surface area contributed by atoms with E-state index in [1.54, 1.807) is 38.1 Å². The Bertz CT molecular complexity index is 849. The van der Waals surface area contributed by atoms with Gasteiger partial charge in [0.15, 0.2) is 0 Å². The summed E-state index contributed by atoms with van der Waals surface area (Å²) in [5.41, 5.74) is 3.66. The fourth-order valence-corrected chi connectivity index (χ4v) is 4.36. The smallest absolute Gasteiger partial charge is 0.307 e. The molecule has 0 aliphatic heterocycles. The summed E-state index contributed by atoms with van der Waals surface area (Å²) in [4.78, 5) is 11.2. The lowest BCUT2D eigenvalue weighted by Gasteiger charge is -2.14. The number of hydrogen-bond acceptors (Lipinski definition) is 3. The van der Waals surface area contributed by atoms with Crippen molar-refractivity contribution in [2.24, 2.45) is 0 Å². The molecule has 0 atom stereocenters. The summed E-state index contributed by atoms with van der Waals surface area (Å²) in [6.45, 7) is 5.52. The van der Waals surface area contributed by atoms with Crippen LogP contribution in [0.3, 0.4) is 0 Å². The lowest BCUT2D eigenvalue weighted by molar-refractivity contribution is -0.136. The van der Waals surface area contributed by atoms with Crippen LogP contribution in [-0.4, -0.2) is 19.5 Å². The molecule has 0 spiro atoms. The molecule has 2 rings (SSSR count). The van der Waals surface area contributed by atoms with E-state index in [2.05, 4.69) is 4.72 Å². The molecule has 24 heavy (non-hydrogen) atoms. The van der Waals surface area contributed by atoms with Gasteiger partial charge in [0, 0.05) is 6.54 Å². The van der Waals surface area contributed by atoms with Gasteiger partial charge in [0.1, 0.15) is 0 Å². The zero-order chi connectivity index (χ0) is 17.9. The minimum absolute atomic E-state index is 0.0541. The van der Waals surface area contributed by atoms with Gasteiger partial charge in [0.05, 0.1) is 11.3 Å². The van der Waals surface area contributed by atoms with Crippen molar-refractivity contribution in [1.82, 2.24) is 4.72 Å². The van der Waals surface area contributed by atoms with Crippen molar-refractivity contribution in [1.29, 1.82) is 0 Å². The monoisotopic (exact) mass is 347 g/mol. The van der Waals surface area contributed by atoms with Crippen molar-refractivity contribution in [3.63, 3.8) is 0 Å². The molecule has 128 valence electrons. The lowest BCUT2D eigenvalue weighted by Crippen LogP contribution is -2.25. The highest BCUT2D eigenvalue weighted by molar-refractivity contribution is 7.89. The maximum atomic E-state index is 12.7. The molecule has 0 bridgehead atoms. The Morgan fingerprint density at radius 2 is 1.58 bits per heavy atom. The Hall–Kier alpha value is -2.18. The van der Waals surface area contributed by atoms with Crippen LogP contribution >= 0.6 is 0 Å². The molecule has 2 aromatic carbocycles. The number of nitrogens with one attached hydrogen (secondary N) is 1. The average molecular weight is 347 g/mol. The topological polar surface area (TPSA) is 83.5 Å². The minimum Gasteiger partial charge on any atom is -0.481 e. The van der Waals surface area contributed by atoms with Crippen molar-refractivity contribution in [3.8, 4) is 0 Å². The molecule has 2 aromatic rings. The molecule has 5 nitrogen and oxygen atoms in total. The van der Waals surface area contributed by atoms with E-state index in [0.29, 0.717) is 22.3 Å². The fourth-order valence-electron chi connectivity index (χ4n) is 2.90. The van der Waals surface area contributed by atoms with Crippen molar-refractivity contribution in [2.75, 3.05) is 0 Å². The van der Waals surface area contributed by atoms with Crippen LogP contribution in [0.2, 0.25) is 0 Å². The van der Waals surface area contributed by atoms with Crippen LogP contribution in [0, 0.1) is 20.8 Å². The second kappa shape index (κ2) is 7.15. The molecule has 6 heteroatoms. The Balaban J connectivity index is 2.28. The van der Waals surface area contributed by atoms with Gasteiger partial charge in [-0.15, -0.1) is 0 Å². The zero-order valence-corrected chi connectivity index (χ0v) is 14.8. The zero-order valence-electron chi connectivity index (χ0n) is 14.0. The van der Waals surface area contributed by atoms with Crippen LogP contribution < -0.4 is 4.72 Å². The van der Waals surface area contributed by atoms with Gasteiger partial charge < -0.3 is 5.11 Å². The van der Waals surface area contributed by atoms with Gasteiger partial charge in [-0.1, -0.05) is 42.0 Å². The van der Waals surface area contributed by atoms with Crippen LogP contribution in [0.15, 0.2) is 41.3 Å². The van der Waals surface area contributed by atoms with E-state index in [9.17, 15) is 13.2 Å². The molecule has 0 aliphatic rings. The molecular formula is C18H21NO4S. The average Bonchev–Trinajstić information content (AvgIpc) is 2.44. The van der Waals surface area contributed by atoms with Crippen LogP contribution in [0.1, 0.15) is 27.8 Å². The van der Waals surface area contributed by atoms with E-state index in [1.165, 1.54) is 0 Å². The number of carbonyl (C=O) groups is 1. The summed E-state index contributed by atoms with van der Waals surface area (Å²) < 4.78 is 27.9. The number of rotatable bonds is 6. The maximum absolute atomic E-state index is 12.7. The largest absolute Gasteiger partial charge is 0.481 e. The summed E-state index contributed by atoms with van der Waals surface area (Å²) in [7, 11) is -3.68. The normalized spacial score (nSPS) is 11.5. The van der Waals surface area contributed by atoms with E-state index in [-0.39, 0.29) is 17.9 Å². The van der Waals surface area contributed by atoms with Crippen molar-refractivity contribution in [3.05, 3.63) is 64.2 Å². The van der Waals surface area contributed by atoms with Gasteiger partial charge in [0.2, 0.25) is 10.0 Å². The standard InChI is InChI=1S/C18H21NO4S/c1-12-8-13(2)18(14(3)9-12)24(22,23)19-11-16-7-5-4-6-15(16)10-17(20)21/h4-9,19H,10-11H2,1-3H3,(H,20,21). The van der Waals surface area contributed by atoms with Crippen LogP contribution in [-0.2, 0) is 27.8 Å². The highest BCUT2D eigenvalue weighted by Gasteiger charge is 2.20. The number of aliphatic carboxylic acids is 1. The number of sulfonamides is 1. The third-order valence-corrected chi connectivity index (χ3v) is 5.49. The molecule has 2 N–H and O–H groups in total. The molecule has 0 fully saturated rings. The molecule has 0 aliphatic carbocycles. The quantitative estimate of drug-likeness (QED) is 0.841. The van der Waals surface area contributed by atoms with E-state index in [4.69, 9.17) is 5.11 Å². The van der Waals surface area contributed by atoms with E-state index in [0.717, 1.165) is 5.56 Å². The Morgan fingerprint density at radius 3 is 2.12 bits per heavy atom. The predicted octanol–water partition coefficient (Wildman–Crippen LogP) is 2.72. The van der Waals surface area contributed by atoms with Gasteiger partial charge >= 0.3 is 5.97 Å². The third kappa shape index (κ3) is 4.21. The SMILES string of the molecule is Cc1cc(C)c(S(=O)(=O)NCc2ccccc2CC(=O)O)c(C)c1. The van der Waals surface area contributed by atoms with E-state index in [1.807, 2.05) is 19.1 Å². The molecular weight excluding hydrogens is 326 g/mol. The summed E-state index contributed by atoms with van der Waals surface area (Å²) in [5.74, 6) is -0.949. The molecule has 0 saturated heterocycles. The fraction of sp³-hybridized carbons (Fsp3) is 0.278. The summed E-state index contributed by atoms with van der Waals surface area (Å²) in [5, 5.41) is 8.96. The van der Waals surface area contributed by atoms with Gasteiger partial charge in [-0.05, 0) is 43.0 Å². The first-order chi connectivity index (χ1) is 11.2. The molecule has 0 heterocycles. The van der Waals surface area contributed by atoms with Crippen LogP contribution in [0.5, 0.6) is 0 Å². The third-order valence-electron chi connectivity index (χ3n) is 3.79. The van der Waals surface area contributed by atoms with Crippen molar-refractivity contribution < 1.29 is 18.3 Å². The number of carboxylic acid groups (broad SMARTS) is 1. The molecule has 0 radical (unpaired) electrons. The second-order valence-corrected chi connectivity index (χ2v) is 7.60. The van der Waals surface area contributed by atoms with Gasteiger partial charge in [-0.25, -0.2) is 13.1 Å². The van der Waals surface area contributed by atoms with E-state index < -0.39 is 16.0 Å². The maximum Gasteiger partial charge on any atom is 0.307 e. The summed E-state index contributed by atoms with van der Waals surface area (Å²) in [6.07, 6.45) is -0.138. The Kier molecular flexibility index (Phi) is 5.41. The van der Waals surface area contributed by atoms with Crippen molar-refractivity contribution >= 4 is 16.0 Å². The highest BCUT2D eigenvalue weighted by atomic mass is 32.2. The number of aryl methyl sites for hydroxylation is 3. The predicted molar refractivity (Wildman–Crippen MR) is 92.5 cm³/mol. The molecule has 0 saturated carbocycles. The Morgan fingerprint density at radius 1 is 1.04 bits per heavy atom. The number of carboxylic acids is 1. The highest BCUT2D eigenvalue weighted by Crippen LogP contribution is 2.22. The Labute approximate surface area is 142 Å². The summed E-state index contributed by atoms with van der Waals surface area (Å²) >= 11 is 0. The van der Waals surface area contributed by atoms with Gasteiger partial charge in [-0.2, -0.15) is 0 Å². The molecule has 0 amide bonds. The van der Waals surface area contributed by atoms with E-state index >= 15 is 0 Å². The number of hydrogen-bond donors (Lipinski definition) is 2. The minimum atomic E-state index is -3.68. The number of benzene rings is 2. The lowest BCUT2D eigenvalue weighted by atomic mass is 10.1. The van der Waals surface area contributed by atoms with Gasteiger partial charge in [-0.3, -0.25) is 4.79 Å².